The number of sulfone groups is 1. The van der Waals surface area contributed by atoms with E-state index in [9.17, 15) is 26.7 Å². The van der Waals surface area contributed by atoms with Crippen LogP contribution < -0.4 is 10.6 Å². The number of pyridine rings is 1. The first-order valence-electron chi connectivity index (χ1n) is 9.20. The first-order chi connectivity index (χ1) is 13.8. The Hall–Kier alpha value is -2.41. The highest BCUT2D eigenvalue weighted by atomic mass is 32.2. The lowest BCUT2D eigenvalue weighted by Gasteiger charge is -2.27. The van der Waals surface area contributed by atoms with Crippen molar-refractivity contribution in [3.05, 3.63) is 12.0 Å². The molecule has 0 unspecified atom stereocenters. The van der Waals surface area contributed by atoms with Crippen LogP contribution in [-0.4, -0.2) is 54.7 Å². The highest BCUT2D eigenvalue weighted by molar-refractivity contribution is 7.90. The van der Waals surface area contributed by atoms with Gasteiger partial charge in [0, 0.05) is 19.8 Å². The maximum Gasteiger partial charge on any atom is 0.426 e. The molecule has 0 aliphatic carbocycles. The standard InChI is InChI=1S/C17H22F3N5O4S/c1-25-8-6-4-3-5-7-16(26,17(18,19)20)15-24-23-14(29-15)12-10(21)9-11(13(25)22-12)30(2,27)28/h9,26H,3-8,21H2,1-2H3/t16-/m1/s1. The van der Waals surface area contributed by atoms with Crippen molar-refractivity contribution in [2.24, 2.45) is 0 Å². The first-order valence-corrected chi connectivity index (χ1v) is 11.1. The molecular weight excluding hydrogens is 427 g/mol. The lowest BCUT2D eigenvalue weighted by molar-refractivity contribution is -0.277. The van der Waals surface area contributed by atoms with Gasteiger partial charge in [0.1, 0.15) is 10.7 Å². The minimum Gasteiger partial charge on any atom is -0.416 e. The lowest BCUT2D eigenvalue weighted by Crippen LogP contribution is -2.42. The predicted molar refractivity (Wildman–Crippen MR) is 101 cm³/mol. The normalized spacial score (nSPS) is 21.3. The van der Waals surface area contributed by atoms with Gasteiger partial charge in [0.25, 0.3) is 11.8 Å². The van der Waals surface area contributed by atoms with Crippen molar-refractivity contribution in [1.29, 1.82) is 0 Å². The van der Waals surface area contributed by atoms with Crippen LogP contribution in [0.3, 0.4) is 0 Å². The summed E-state index contributed by atoms with van der Waals surface area (Å²) < 4.78 is 70.4. The zero-order valence-corrected chi connectivity index (χ0v) is 17.2. The number of halogens is 3. The molecule has 9 nitrogen and oxygen atoms in total. The van der Waals surface area contributed by atoms with Crippen LogP contribution in [0.1, 0.15) is 38.0 Å². The number of rotatable bonds is 1. The quantitative estimate of drug-likeness (QED) is 0.672. The summed E-state index contributed by atoms with van der Waals surface area (Å²) in [5.74, 6) is -1.38. The van der Waals surface area contributed by atoms with E-state index in [1.54, 1.807) is 11.9 Å². The van der Waals surface area contributed by atoms with Crippen LogP contribution in [0.15, 0.2) is 15.4 Å². The number of anilines is 2. The van der Waals surface area contributed by atoms with Gasteiger partial charge in [0.05, 0.1) is 5.69 Å². The van der Waals surface area contributed by atoms with Gasteiger partial charge in [-0.2, -0.15) is 13.2 Å². The van der Waals surface area contributed by atoms with Crippen molar-refractivity contribution in [1.82, 2.24) is 15.2 Å². The van der Waals surface area contributed by atoms with Crippen LogP contribution >= 0.6 is 0 Å². The highest BCUT2D eigenvalue weighted by Crippen LogP contribution is 2.43. The van der Waals surface area contributed by atoms with Gasteiger partial charge < -0.3 is 20.2 Å². The summed E-state index contributed by atoms with van der Waals surface area (Å²) in [6.07, 6.45) is -2.99. The minimum absolute atomic E-state index is 0.0737. The SMILES string of the molecule is CN1CCCCCC[C@](O)(C(F)(F)F)c2nnc(o2)-c2nc1c(S(C)(=O)=O)cc2N. The second kappa shape index (κ2) is 7.69. The molecule has 0 saturated carbocycles. The highest BCUT2D eigenvalue weighted by Gasteiger charge is 2.58. The van der Waals surface area contributed by atoms with E-state index in [2.05, 4.69) is 15.2 Å². The molecule has 0 aromatic carbocycles. The molecule has 1 aliphatic rings. The van der Waals surface area contributed by atoms with Gasteiger partial charge in [0.2, 0.25) is 5.60 Å². The summed E-state index contributed by atoms with van der Waals surface area (Å²) in [4.78, 5) is 5.74. The molecule has 0 radical (unpaired) electrons. The zero-order chi connectivity index (χ0) is 22.3. The Morgan fingerprint density at radius 2 is 1.90 bits per heavy atom. The topological polar surface area (TPSA) is 135 Å². The van der Waals surface area contributed by atoms with Crippen molar-refractivity contribution >= 4 is 21.3 Å². The lowest BCUT2D eigenvalue weighted by atomic mass is 9.95. The van der Waals surface area contributed by atoms with Gasteiger partial charge in [0.15, 0.2) is 15.5 Å². The number of alkyl halides is 3. The van der Waals surface area contributed by atoms with Crippen molar-refractivity contribution in [2.75, 3.05) is 30.5 Å². The minimum atomic E-state index is -5.03. The van der Waals surface area contributed by atoms with Gasteiger partial charge in [-0.3, -0.25) is 0 Å². The van der Waals surface area contributed by atoms with Crippen molar-refractivity contribution in [3.8, 4) is 11.6 Å². The molecule has 0 fully saturated rings. The first kappa shape index (κ1) is 22.3. The summed E-state index contributed by atoms with van der Waals surface area (Å²) in [5, 5.41) is 17.3. The Morgan fingerprint density at radius 1 is 1.23 bits per heavy atom. The summed E-state index contributed by atoms with van der Waals surface area (Å²) in [6.45, 7) is 0.414. The fourth-order valence-corrected chi connectivity index (χ4v) is 4.14. The van der Waals surface area contributed by atoms with Crippen LogP contribution in [-0.2, 0) is 15.4 Å². The second-order valence-electron chi connectivity index (χ2n) is 7.38. The molecule has 2 aromatic heterocycles. The molecule has 3 rings (SSSR count). The number of hydrogen-bond acceptors (Lipinski definition) is 9. The molecule has 1 atom stereocenters. The van der Waals surface area contributed by atoms with Gasteiger partial charge in [-0.1, -0.05) is 12.8 Å². The zero-order valence-electron chi connectivity index (χ0n) is 16.4. The van der Waals surface area contributed by atoms with Crippen LogP contribution in [0, 0.1) is 0 Å². The van der Waals surface area contributed by atoms with E-state index < -0.39 is 39.8 Å². The third-order valence-electron chi connectivity index (χ3n) is 4.99. The third-order valence-corrected chi connectivity index (χ3v) is 6.09. The van der Waals surface area contributed by atoms with Crippen molar-refractivity contribution < 1.29 is 31.1 Å². The maximum atomic E-state index is 13.6. The van der Waals surface area contributed by atoms with E-state index >= 15 is 0 Å². The van der Waals surface area contributed by atoms with Crippen LogP contribution in [0.5, 0.6) is 0 Å². The molecule has 30 heavy (non-hydrogen) atoms. The summed E-state index contributed by atoms with van der Waals surface area (Å²) in [5.41, 5.74) is 2.28. The Labute approximate surface area is 171 Å². The number of fused-ring (bicyclic) bond motifs is 5. The average Bonchev–Trinajstić information content (AvgIpc) is 3.11. The van der Waals surface area contributed by atoms with E-state index in [4.69, 9.17) is 10.2 Å². The summed E-state index contributed by atoms with van der Waals surface area (Å²) in [7, 11) is -2.04. The molecule has 4 bridgehead atoms. The summed E-state index contributed by atoms with van der Waals surface area (Å²) >= 11 is 0. The van der Waals surface area contributed by atoms with Crippen molar-refractivity contribution in [3.63, 3.8) is 0 Å². The molecule has 3 heterocycles. The Kier molecular flexibility index (Phi) is 5.71. The number of hydrogen-bond donors (Lipinski definition) is 2. The van der Waals surface area contributed by atoms with E-state index in [1.807, 2.05) is 0 Å². The van der Waals surface area contributed by atoms with Gasteiger partial charge in [-0.05, 0) is 25.3 Å². The molecule has 2 aromatic rings. The number of nitrogen functional groups attached to an aromatic ring is 1. The number of nitrogens with zero attached hydrogens (tertiary/aromatic N) is 4. The second-order valence-corrected chi connectivity index (χ2v) is 9.36. The molecule has 0 saturated heterocycles. The molecule has 0 spiro atoms. The van der Waals surface area contributed by atoms with E-state index in [0.29, 0.717) is 25.8 Å². The predicted octanol–water partition coefficient (Wildman–Crippen LogP) is 2.27. The van der Waals surface area contributed by atoms with Crippen molar-refractivity contribution in [2.45, 2.75) is 48.8 Å². The van der Waals surface area contributed by atoms with E-state index in [1.165, 1.54) is 0 Å². The average molecular weight is 449 g/mol. The Balaban J connectivity index is 2.21. The molecule has 166 valence electrons. The van der Waals surface area contributed by atoms with Crippen LogP contribution in [0.2, 0.25) is 0 Å². The smallest absolute Gasteiger partial charge is 0.416 e. The van der Waals surface area contributed by atoms with E-state index in [0.717, 1.165) is 12.3 Å². The van der Waals surface area contributed by atoms with Crippen LogP contribution in [0.4, 0.5) is 24.7 Å². The number of nitrogens with two attached hydrogens (primary N) is 1. The van der Waals surface area contributed by atoms with Gasteiger partial charge in [-0.25, -0.2) is 13.4 Å². The van der Waals surface area contributed by atoms with Crippen LogP contribution in [0.25, 0.3) is 11.6 Å². The monoisotopic (exact) mass is 449 g/mol. The molecular formula is C17H22F3N5O4S. The number of aliphatic hydroxyl groups is 1. The molecule has 3 N–H and O–H groups in total. The van der Waals surface area contributed by atoms with Gasteiger partial charge in [-0.15, -0.1) is 10.2 Å². The Morgan fingerprint density at radius 3 is 2.53 bits per heavy atom. The molecule has 0 amide bonds. The molecule has 13 heteroatoms. The van der Waals surface area contributed by atoms with E-state index in [-0.39, 0.29) is 28.5 Å². The molecule has 1 aliphatic heterocycles. The Bertz CT molecular complexity index is 1040. The summed E-state index contributed by atoms with van der Waals surface area (Å²) in [6, 6.07) is 1.16. The fourth-order valence-electron chi connectivity index (χ4n) is 3.26. The fraction of sp³-hybridized carbons (Fsp3) is 0.588. The largest absolute Gasteiger partial charge is 0.426 e. The maximum absolute atomic E-state index is 13.6. The van der Waals surface area contributed by atoms with Gasteiger partial charge >= 0.3 is 6.18 Å². The number of aromatic nitrogens is 3. The third kappa shape index (κ3) is 4.08.